The van der Waals surface area contributed by atoms with Gasteiger partial charge in [-0.15, -0.1) is 0 Å². The monoisotopic (exact) mass is 232 g/mol. The van der Waals surface area contributed by atoms with E-state index in [1.165, 1.54) is 4.57 Å². The van der Waals surface area contributed by atoms with Crippen LogP contribution in [0.4, 0.5) is 8.78 Å². The van der Waals surface area contributed by atoms with Gasteiger partial charge in [-0.3, -0.25) is 9.25 Å². The molecule has 0 saturated heterocycles. The van der Waals surface area contributed by atoms with Crippen LogP contribution in [0.25, 0.3) is 11.2 Å². The van der Waals surface area contributed by atoms with Crippen LogP contribution < -0.4 is 0 Å². The number of nitrogens with zero attached hydrogens (tertiary/aromatic N) is 3. The Labute approximate surface area is 89.5 Å². The van der Waals surface area contributed by atoms with Gasteiger partial charge in [0.25, 0.3) is 6.43 Å². The van der Waals surface area contributed by atoms with Crippen LogP contribution in [0.1, 0.15) is 5.69 Å². The van der Waals surface area contributed by atoms with Gasteiger partial charge in [0.15, 0.2) is 10.4 Å². The van der Waals surface area contributed by atoms with E-state index in [2.05, 4.69) is 10.1 Å². The van der Waals surface area contributed by atoms with E-state index in [0.29, 0.717) is 10.4 Å². The van der Waals surface area contributed by atoms with Crippen LogP contribution in [-0.2, 0) is 13.6 Å². The molecule has 0 aliphatic carbocycles. The minimum Gasteiger partial charge on any atom is -0.328 e. The van der Waals surface area contributed by atoms with Gasteiger partial charge in [-0.2, -0.15) is 5.10 Å². The van der Waals surface area contributed by atoms with Crippen LogP contribution in [-0.4, -0.2) is 25.8 Å². The molecule has 0 amide bonds. The molecule has 0 saturated carbocycles. The Morgan fingerprint density at radius 1 is 1.53 bits per heavy atom. The van der Waals surface area contributed by atoms with Gasteiger partial charge in [0, 0.05) is 7.05 Å². The van der Waals surface area contributed by atoms with Crippen LogP contribution in [0, 0.1) is 11.7 Å². The predicted octanol–water partition coefficient (Wildman–Crippen LogP) is 2.01. The fourth-order valence-corrected chi connectivity index (χ4v) is 1.94. The number of imidazole rings is 1. The zero-order valence-corrected chi connectivity index (χ0v) is 9.11. The van der Waals surface area contributed by atoms with Crippen LogP contribution in [0.15, 0.2) is 0 Å². The Balaban J connectivity index is 2.71. The molecule has 0 aliphatic rings. The minimum atomic E-state index is -2.43. The lowest BCUT2D eigenvalue weighted by atomic mass is 10.4. The summed E-state index contributed by atoms with van der Waals surface area (Å²) in [6.07, 6.45) is -2.43. The molecule has 0 radical (unpaired) electrons. The van der Waals surface area contributed by atoms with E-state index >= 15 is 0 Å². The third kappa shape index (κ3) is 1.56. The third-order valence-corrected chi connectivity index (χ3v) is 2.57. The van der Waals surface area contributed by atoms with Crippen molar-refractivity contribution in [2.75, 3.05) is 0 Å². The molecular formula is C8H10F2N4S. The quantitative estimate of drug-likeness (QED) is 0.804. The first-order valence-corrected chi connectivity index (χ1v) is 4.81. The summed E-state index contributed by atoms with van der Waals surface area (Å²) >= 11 is 4.98. The molecule has 0 aliphatic heterocycles. The molecule has 15 heavy (non-hydrogen) atoms. The molecule has 2 aromatic rings. The summed E-state index contributed by atoms with van der Waals surface area (Å²) < 4.78 is 27.9. The van der Waals surface area contributed by atoms with Gasteiger partial charge in [-0.1, -0.05) is 0 Å². The molecule has 82 valence electrons. The summed E-state index contributed by atoms with van der Waals surface area (Å²) in [5.74, 6) is 0. The number of H-pyrrole nitrogens is 1. The fraction of sp³-hybridized carbons (Fsp3) is 0.500. The number of aromatic nitrogens is 4. The van der Waals surface area contributed by atoms with Crippen LogP contribution in [0.5, 0.6) is 0 Å². The molecule has 2 rings (SSSR count). The van der Waals surface area contributed by atoms with Crippen LogP contribution in [0.3, 0.4) is 0 Å². The largest absolute Gasteiger partial charge is 0.328 e. The number of halogens is 2. The van der Waals surface area contributed by atoms with Crippen molar-refractivity contribution >= 4 is 23.4 Å². The summed E-state index contributed by atoms with van der Waals surface area (Å²) in [4.78, 5) is 2.88. The number of fused-ring (bicyclic) bond motifs is 1. The van der Waals surface area contributed by atoms with E-state index in [1.807, 2.05) is 0 Å². The first-order valence-electron chi connectivity index (χ1n) is 4.41. The molecule has 2 aromatic heterocycles. The van der Waals surface area contributed by atoms with Gasteiger partial charge in [0.05, 0.1) is 12.2 Å². The Kier molecular flexibility index (Phi) is 2.34. The van der Waals surface area contributed by atoms with Gasteiger partial charge < -0.3 is 4.98 Å². The first-order chi connectivity index (χ1) is 7.00. The average Bonchev–Trinajstić information content (AvgIpc) is 2.55. The summed E-state index contributed by atoms with van der Waals surface area (Å²) in [6, 6.07) is 0. The maximum absolute atomic E-state index is 12.3. The van der Waals surface area contributed by atoms with E-state index in [1.54, 1.807) is 18.7 Å². The maximum Gasteiger partial charge on any atom is 0.256 e. The van der Waals surface area contributed by atoms with E-state index in [0.717, 1.165) is 11.2 Å². The highest BCUT2D eigenvalue weighted by Crippen LogP contribution is 2.17. The molecule has 0 fully saturated rings. The molecule has 1 N–H and O–H groups in total. The molecule has 2 heterocycles. The molecule has 0 unspecified atom stereocenters. The molecule has 0 aromatic carbocycles. The molecule has 7 heteroatoms. The Morgan fingerprint density at radius 2 is 2.20 bits per heavy atom. The smallest absolute Gasteiger partial charge is 0.256 e. The fourth-order valence-electron chi connectivity index (χ4n) is 1.68. The second-order valence-electron chi connectivity index (χ2n) is 3.34. The lowest BCUT2D eigenvalue weighted by Gasteiger charge is -2.02. The van der Waals surface area contributed by atoms with Crippen LogP contribution in [0.2, 0.25) is 0 Å². The van der Waals surface area contributed by atoms with E-state index in [4.69, 9.17) is 12.2 Å². The number of hydrogen-bond acceptors (Lipinski definition) is 2. The summed E-state index contributed by atoms with van der Waals surface area (Å²) in [6.45, 7) is 1.40. The van der Waals surface area contributed by atoms with Crippen LogP contribution >= 0.6 is 12.2 Å². The Hall–Kier alpha value is -1.24. The zero-order valence-electron chi connectivity index (χ0n) is 8.29. The van der Waals surface area contributed by atoms with E-state index < -0.39 is 13.0 Å². The van der Waals surface area contributed by atoms with E-state index in [-0.39, 0.29) is 0 Å². The number of aryl methyl sites for hydroxylation is 2. The zero-order chi connectivity index (χ0) is 11.2. The second kappa shape index (κ2) is 3.41. The van der Waals surface area contributed by atoms with Crippen molar-refractivity contribution in [3.63, 3.8) is 0 Å². The Morgan fingerprint density at radius 3 is 2.80 bits per heavy atom. The van der Waals surface area contributed by atoms with E-state index in [9.17, 15) is 8.78 Å². The van der Waals surface area contributed by atoms with Gasteiger partial charge >= 0.3 is 0 Å². The molecule has 0 bridgehead atoms. The summed E-state index contributed by atoms with van der Waals surface area (Å²) in [7, 11) is 1.71. The van der Waals surface area contributed by atoms with Crippen molar-refractivity contribution in [3.8, 4) is 0 Å². The van der Waals surface area contributed by atoms with Crippen molar-refractivity contribution in [3.05, 3.63) is 10.5 Å². The van der Waals surface area contributed by atoms with Gasteiger partial charge in [-0.25, -0.2) is 8.78 Å². The number of alkyl halides is 2. The summed E-state index contributed by atoms with van der Waals surface area (Å²) in [5, 5.41) is 4.13. The number of rotatable bonds is 2. The minimum absolute atomic E-state index is 0.307. The third-order valence-electron chi connectivity index (χ3n) is 2.25. The van der Waals surface area contributed by atoms with Crippen molar-refractivity contribution < 1.29 is 8.78 Å². The van der Waals surface area contributed by atoms with Crippen molar-refractivity contribution in [2.24, 2.45) is 7.05 Å². The lowest BCUT2D eigenvalue weighted by molar-refractivity contribution is 0.127. The standard InChI is InChI=1S/C8H10F2N4S/c1-4-6-7(13(2)12-4)14(3-5(9)10)8(15)11-6/h5H,3H2,1-2H3,(H,11,15). The highest BCUT2D eigenvalue weighted by Gasteiger charge is 2.15. The molecule has 4 nitrogen and oxygen atoms in total. The van der Waals surface area contributed by atoms with Gasteiger partial charge in [-0.05, 0) is 19.1 Å². The van der Waals surface area contributed by atoms with Crippen molar-refractivity contribution in [2.45, 2.75) is 19.9 Å². The second-order valence-corrected chi connectivity index (χ2v) is 3.73. The molecule has 0 spiro atoms. The Bertz CT molecular complexity index is 551. The average molecular weight is 232 g/mol. The van der Waals surface area contributed by atoms with Crippen molar-refractivity contribution in [1.82, 2.24) is 19.3 Å². The maximum atomic E-state index is 12.3. The van der Waals surface area contributed by atoms with Gasteiger partial charge in [0.1, 0.15) is 5.52 Å². The lowest BCUT2D eigenvalue weighted by Crippen LogP contribution is -2.09. The molecular weight excluding hydrogens is 222 g/mol. The number of nitrogens with one attached hydrogen (secondary N) is 1. The van der Waals surface area contributed by atoms with Gasteiger partial charge in [0.2, 0.25) is 0 Å². The number of aromatic amines is 1. The predicted molar refractivity (Wildman–Crippen MR) is 54.6 cm³/mol. The topological polar surface area (TPSA) is 38.5 Å². The summed E-state index contributed by atoms with van der Waals surface area (Å²) in [5.41, 5.74) is 2.09. The highest BCUT2D eigenvalue weighted by atomic mass is 32.1. The first kappa shape index (κ1) is 10.3. The van der Waals surface area contributed by atoms with Crippen molar-refractivity contribution in [1.29, 1.82) is 0 Å². The number of hydrogen-bond donors (Lipinski definition) is 1. The molecule has 0 atom stereocenters. The SMILES string of the molecule is Cc1nn(C)c2c1[nH]c(=S)n2CC(F)F. The highest BCUT2D eigenvalue weighted by molar-refractivity contribution is 7.71. The normalized spacial score (nSPS) is 11.8.